The first kappa shape index (κ1) is 20.7. The van der Waals surface area contributed by atoms with Crippen LogP contribution in [0.2, 0.25) is 5.02 Å². The van der Waals surface area contributed by atoms with Gasteiger partial charge in [-0.3, -0.25) is 9.59 Å². The molecule has 144 valence electrons. The largest absolute Gasteiger partial charge is 0.484 e. The van der Waals surface area contributed by atoms with Crippen molar-refractivity contribution in [3.05, 3.63) is 58.1 Å². The molecular weight excluding hydrogens is 368 g/mol. The highest BCUT2D eigenvalue weighted by molar-refractivity contribution is 6.32. The van der Waals surface area contributed by atoms with Crippen molar-refractivity contribution in [3.8, 4) is 5.75 Å². The summed E-state index contributed by atoms with van der Waals surface area (Å²) < 4.78 is 10.5. The summed E-state index contributed by atoms with van der Waals surface area (Å²) in [5, 5.41) is 6.12. The zero-order valence-corrected chi connectivity index (χ0v) is 16.4. The van der Waals surface area contributed by atoms with Gasteiger partial charge in [-0.25, -0.2) is 0 Å². The van der Waals surface area contributed by atoms with E-state index in [2.05, 4.69) is 10.6 Å². The molecule has 7 heteroatoms. The van der Waals surface area contributed by atoms with Gasteiger partial charge in [0.05, 0.1) is 17.9 Å². The Hall–Kier alpha value is -2.57. The third-order valence-electron chi connectivity index (χ3n) is 3.82. The molecule has 0 saturated heterocycles. The van der Waals surface area contributed by atoms with Crippen LogP contribution in [0.1, 0.15) is 21.5 Å². The fourth-order valence-electron chi connectivity index (χ4n) is 2.48. The number of ether oxygens (including phenoxy) is 2. The van der Waals surface area contributed by atoms with Crippen molar-refractivity contribution in [1.29, 1.82) is 0 Å². The molecule has 6 nitrogen and oxygen atoms in total. The molecule has 0 aliphatic heterocycles. The second-order valence-corrected chi connectivity index (χ2v) is 6.38. The highest BCUT2D eigenvalue weighted by Gasteiger charge is 2.13. The summed E-state index contributed by atoms with van der Waals surface area (Å²) in [5.41, 5.74) is 2.56. The van der Waals surface area contributed by atoms with Gasteiger partial charge in [0.2, 0.25) is 0 Å². The Kier molecular flexibility index (Phi) is 7.64. The van der Waals surface area contributed by atoms with Gasteiger partial charge >= 0.3 is 0 Å². The summed E-state index contributed by atoms with van der Waals surface area (Å²) in [6, 6.07) is 10.3. The molecule has 0 aliphatic carbocycles. The van der Waals surface area contributed by atoms with Crippen LogP contribution in [0.4, 0.5) is 5.69 Å². The average molecular weight is 391 g/mol. The van der Waals surface area contributed by atoms with Crippen LogP contribution in [-0.4, -0.2) is 38.7 Å². The molecule has 2 aromatic carbocycles. The minimum absolute atomic E-state index is 0.180. The van der Waals surface area contributed by atoms with Crippen molar-refractivity contribution in [2.45, 2.75) is 13.8 Å². The lowest BCUT2D eigenvalue weighted by atomic mass is 10.1. The summed E-state index contributed by atoms with van der Waals surface area (Å²) >= 11 is 6.13. The van der Waals surface area contributed by atoms with E-state index in [1.54, 1.807) is 43.5 Å². The maximum Gasteiger partial charge on any atom is 0.262 e. The third kappa shape index (κ3) is 5.98. The van der Waals surface area contributed by atoms with Gasteiger partial charge in [-0.2, -0.15) is 0 Å². The van der Waals surface area contributed by atoms with Crippen molar-refractivity contribution in [2.24, 2.45) is 0 Å². The standard InChI is InChI=1S/C20H23ClN2O4/c1-13-10-15(11-14(2)19(13)21)27-12-18(24)23-17-7-5-4-6-16(17)20(25)22-8-9-26-3/h4-7,10-11H,8-9,12H2,1-3H3,(H,22,25)(H,23,24). The summed E-state index contributed by atoms with van der Waals surface area (Å²) in [6.45, 7) is 4.37. The van der Waals surface area contributed by atoms with E-state index in [1.807, 2.05) is 13.8 Å². The number of hydrogen-bond acceptors (Lipinski definition) is 4. The van der Waals surface area contributed by atoms with Crippen molar-refractivity contribution in [2.75, 3.05) is 32.2 Å². The number of halogens is 1. The zero-order chi connectivity index (χ0) is 19.8. The monoisotopic (exact) mass is 390 g/mol. The van der Waals surface area contributed by atoms with Gasteiger partial charge in [0.1, 0.15) is 5.75 Å². The number of nitrogens with one attached hydrogen (secondary N) is 2. The van der Waals surface area contributed by atoms with Crippen LogP contribution in [0.5, 0.6) is 5.75 Å². The fraction of sp³-hybridized carbons (Fsp3) is 0.300. The molecular formula is C20H23ClN2O4. The SMILES string of the molecule is COCCNC(=O)c1ccccc1NC(=O)COc1cc(C)c(Cl)c(C)c1. The zero-order valence-electron chi connectivity index (χ0n) is 15.6. The van der Waals surface area contributed by atoms with Crippen molar-refractivity contribution in [3.63, 3.8) is 0 Å². The third-order valence-corrected chi connectivity index (χ3v) is 4.41. The van der Waals surface area contributed by atoms with Gasteiger partial charge in [-0.1, -0.05) is 23.7 Å². The number of benzene rings is 2. The van der Waals surface area contributed by atoms with Crippen molar-refractivity contribution >= 4 is 29.1 Å². The molecule has 0 saturated carbocycles. The lowest BCUT2D eigenvalue weighted by Gasteiger charge is -2.13. The molecule has 2 aromatic rings. The molecule has 2 rings (SSSR count). The summed E-state index contributed by atoms with van der Waals surface area (Å²) in [7, 11) is 1.56. The maximum atomic E-state index is 12.2. The van der Waals surface area contributed by atoms with Crippen LogP contribution in [0.15, 0.2) is 36.4 Å². The summed E-state index contributed by atoms with van der Waals surface area (Å²) in [4.78, 5) is 24.5. The Morgan fingerprint density at radius 2 is 1.78 bits per heavy atom. The van der Waals surface area contributed by atoms with Gasteiger partial charge in [0.25, 0.3) is 11.8 Å². The Balaban J connectivity index is 1.99. The van der Waals surface area contributed by atoms with Gasteiger partial charge in [0.15, 0.2) is 6.61 Å². The normalized spacial score (nSPS) is 10.4. The minimum Gasteiger partial charge on any atom is -0.484 e. The number of rotatable bonds is 8. The molecule has 27 heavy (non-hydrogen) atoms. The molecule has 0 bridgehead atoms. The molecule has 0 unspecified atom stereocenters. The Morgan fingerprint density at radius 1 is 1.11 bits per heavy atom. The van der Waals surface area contributed by atoms with Crippen LogP contribution < -0.4 is 15.4 Å². The van der Waals surface area contributed by atoms with Crippen LogP contribution in [-0.2, 0) is 9.53 Å². The maximum absolute atomic E-state index is 12.2. The Morgan fingerprint density at radius 3 is 2.44 bits per heavy atom. The Labute approximate surface area is 163 Å². The summed E-state index contributed by atoms with van der Waals surface area (Å²) in [5.74, 6) is -0.0830. The van der Waals surface area contributed by atoms with Crippen LogP contribution >= 0.6 is 11.6 Å². The molecule has 2 N–H and O–H groups in total. The number of aryl methyl sites for hydroxylation is 2. The van der Waals surface area contributed by atoms with Gasteiger partial charge in [0, 0.05) is 18.7 Å². The predicted molar refractivity (Wildman–Crippen MR) is 106 cm³/mol. The number of anilines is 1. The van der Waals surface area contributed by atoms with Crippen molar-refractivity contribution in [1.82, 2.24) is 5.32 Å². The first-order chi connectivity index (χ1) is 12.9. The quantitative estimate of drug-likeness (QED) is 0.678. The first-order valence-corrected chi connectivity index (χ1v) is 8.85. The average Bonchev–Trinajstić information content (AvgIpc) is 2.65. The number of para-hydroxylation sites is 1. The van der Waals surface area contributed by atoms with Crippen molar-refractivity contribution < 1.29 is 19.1 Å². The van der Waals surface area contributed by atoms with Crippen LogP contribution in [0.25, 0.3) is 0 Å². The fourth-order valence-corrected chi connectivity index (χ4v) is 2.59. The number of methoxy groups -OCH3 is 1. The lowest BCUT2D eigenvalue weighted by Crippen LogP contribution is -2.28. The van der Waals surface area contributed by atoms with E-state index in [4.69, 9.17) is 21.1 Å². The molecule has 2 amide bonds. The lowest BCUT2D eigenvalue weighted by molar-refractivity contribution is -0.118. The molecule has 0 radical (unpaired) electrons. The van der Waals surface area contributed by atoms with Crippen LogP contribution in [0.3, 0.4) is 0 Å². The van der Waals surface area contributed by atoms with Gasteiger partial charge < -0.3 is 20.1 Å². The second-order valence-electron chi connectivity index (χ2n) is 6.00. The van der Waals surface area contributed by atoms with E-state index >= 15 is 0 Å². The number of carbonyl (C=O) groups excluding carboxylic acids is 2. The molecule has 0 aromatic heterocycles. The minimum atomic E-state index is -0.364. The van der Waals surface area contributed by atoms with Gasteiger partial charge in [-0.05, 0) is 49.2 Å². The number of amides is 2. The van der Waals surface area contributed by atoms with E-state index in [0.717, 1.165) is 11.1 Å². The van der Waals surface area contributed by atoms with E-state index in [1.165, 1.54) is 0 Å². The Bertz CT molecular complexity index is 800. The smallest absolute Gasteiger partial charge is 0.262 e. The first-order valence-electron chi connectivity index (χ1n) is 8.48. The van der Waals surface area contributed by atoms with E-state index in [9.17, 15) is 9.59 Å². The topological polar surface area (TPSA) is 76.7 Å². The number of carbonyl (C=O) groups is 2. The molecule has 0 heterocycles. The highest BCUT2D eigenvalue weighted by Crippen LogP contribution is 2.25. The molecule has 0 fully saturated rings. The predicted octanol–water partition coefficient (Wildman–Crippen LogP) is 3.35. The number of hydrogen-bond donors (Lipinski definition) is 2. The highest BCUT2D eigenvalue weighted by atomic mass is 35.5. The molecule has 0 spiro atoms. The van der Waals surface area contributed by atoms with E-state index < -0.39 is 0 Å². The second kappa shape index (κ2) is 9.94. The molecule has 0 atom stereocenters. The van der Waals surface area contributed by atoms with E-state index in [-0.39, 0.29) is 18.4 Å². The summed E-state index contributed by atoms with van der Waals surface area (Å²) in [6.07, 6.45) is 0. The molecule has 0 aliphatic rings. The van der Waals surface area contributed by atoms with Gasteiger partial charge in [-0.15, -0.1) is 0 Å². The van der Waals surface area contributed by atoms with E-state index in [0.29, 0.717) is 35.2 Å². The van der Waals surface area contributed by atoms with Crippen LogP contribution in [0, 0.1) is 13.8 Å².